The summed E-state index contributed by atoms with van der Waals surface area (Å²) in [5, 5.41) is 9.36. The van der Waals surface area contributed by atoms with Crippen LogP contribution in [0.15, 0.2) is 42.7 Å². The lowest BCUT2D eigenvalue weighted by molar-refractivity contribution is -0.274. The molecule has 2 aliphatic rings. The second-order valence-corrected chi connectivity index (χ2v) is 7.14. The number of aromatic carboxylic acids is 1. The fraction of sp³-hybridized carbons (Fsp3) is 0.368. The number of hydrogen-bond acceptors (Lipinski definition) is 5. The molecule has 4 rings (SSSR count). The van der Waals surface area contributed by atoms with E-state index in [0.29, 0.717) is 18.8 Å². The Morgan fingerprint density at radius 2 is 1.93 bits per heavy atom. The molecule has 0 radical (unpaired) electrons. The molecule has 1 spiro atoms. The number of carbonyl (C=O) groups is 1. The van der Waals surface area contributed by atoms with E-state index in [1.54, 1.807) is 24.4 Å². The number of benzene rings is 1. The highest BCUT2D eigenvalue weighted by atomic mass is 19.4. The molecule has 2 fully saturated rings. The number of anilines is 1. The van der Waals surface area contributed by atoms with Gasteiger partial charge in [-0.3, -0.25) is 9.88 Å². The van der Waals surface area contributed by atoms with Gasteiger partial charge in [-0.15, -0.1) is 13.2 Å². The van der Waals surface area contributed by atoms with Crippen molar-refractivity contribution < 1.29 is 27.8 Å². The first-order valence-electron chi connectivity index (χ1n) is 8.78. The molecule has 1 saturated carbocycles. The summed E-state index contributed by atoms with van der Waals surface area (Å²) in [5.41, 5.74) is 1.67. The van der Waals surface area contributed by atoms with Gasteiger partial charge in [0.25, 0.3) is 0 Å². The van der Waals surface area contributed by atoms with Crippen LogP contribution in [0.25, 0.3) is 0 Å². The molecular formula is C19H18F3N3O3. The number of pyridine rings is 1. The van der Waals surface area contributed by atoms with Crippen LogP contribution in [0.5, 0.6) is 5.75 Å². The van der Waals surface area contributed by atoms with Gasteiger partial charge >= 0.3 is 12.3 Å². The van der Waals surface area contributed by atoms with Gasteiger partial charge in [-0.25, -0.2) is 4.79 Å². The number of aromatic nitrogens is 1. The number of hydrogen-bond donors (Lipinski definition) is 1. The summed E-state index contributed by atoms with van der Waals surface area (Å²) >= 11 is 0. The maximum atomic E-state index is 12.3. The summed E-state index contributed by atoms with van der Waals surface area (Å²) in [7, 11) is 0. The van der Waals surface area contributed by atoms with Gasteiger partial charge in [-0.05, 0) is 48.7 Å². The fourth-order valence-corrected chi connectivity index (χ4v) is 3.69. The lowest BCUT2D eigenvalue weighted by Gasteiger charge is -2.23. The van der Waals surface area contributed by atoms with E-state index in [2.05, 4.69) is 19.5 Å². The van der Waals surface area contributed by atoms with Crippen LogP contribution >= 0.6 is 0 Å². The Balaban J connectivity index is 1.49. The van der Waals surface area contributed by atoms with Gasteiger partial charge in [0.1, 0.15) is 5.75 Å². The van der Waals surface area contributed by atoms with Crippen molar-refractivity contribution in [2.45, 2.75) is 31.3 Å². The first kappa shape index (κ1) is 18.5. The summed E-state index contributed by atoms with van der Waals surface area (Å²) in [4.78, 5) is 19.6. The summed E-state index contributed by atoms with van der Waals surface area (Å²) in [6, 6.07) is 7.53. The van der Waals surface area contributed by atoms with Crippen LogP contribution in [-0.4, -0.2) is 46.1 Å². The molecule has 9 heteroatoms. The van der Waals surface area contributed by atoms with Crippen molar-refractivity contribution in [1.82, 2.24) is 9.88 Å². The fourth-order valence-electron chi connectivity index (χ4n) is 3.69. The van der Waals surface area contributed by atoms with E-state index >= 15 is 0 Å². The smallest absolute Gasteiger partial charge is 0.478 e. The standard InChI is InChI=1S/C19H18F3N3O3/c20-19(21,22)28-15-3-1-14(2-4-15)24-11-18(6-7-18)25(12-24)10-13-5-8-23-9-16(13)17(26)27/h1-5,8-9H,6-7,10-12H2,(H,26,27). The normalized spacial score (nSPS) is 18.5. The number of carboxylic acids is 1. The third-order valence-electron chi connectivity index (χ3n) is 5.26. The zero-order valence-electron chi connectivity index (χ0n) is 14.8. The second-order valence-electron chi connectivity index (χ2n) is 7.14. The largest absolute Gasteiger partial charge is 0.573 e. The minimum absolute atomic E-state index is 0.0137. The molecule has 1 aliphatic carbocycles. The molecule has 28 heavy (non-hydrogen) atoms. The van der Waals surface area contributed by atoms with E-state index in [0.717, 1.165) is 25.1 Å². The molecule has 0 unspecified atom stereocenters. The monoisotopic (exact) mass is 393 g/mol. The minimum atomic E-state index is -4.71. The molecule has 1 aliphatic heterocycles. The highest BCUT2D eigenvalue weighted by Gasteiger charge is 2.53. The Hall–Kier alpha value is -2.81. The van der Waals surface area contributed by atoms with Crippen molar-refractivity contribution in [2.75, 3.05) is 18.1 Å². The molecule has 2 heterocycles. The quantitative estimate of drug-likeness (QED) is 0.839. The van der Waals surface area contributed by atoms with Crippen molar-refractivity contribution >= 4 is 11.7 Å². The van der Waals surface area contributed by atoms with Crippen LogP contribution in [0.1, 0.15) is 28.8 Å². The first-order valence-corrected chi connectivity index (χ1v) is 8.78. The SMILES string of the molecule is O=C(O)c1cnccc1CN1CN(c2ccc(OC(F)(F)F)cc2)CC12CC2. The Labute approximate surface area is 159 Å². The first-order chi connectivity index (χ1) is 13.3. The lowest BCUT2D eigenvalue weighted by Crippen LogP contribution is -2.32. The predicted molar refractivity (Wildman–Crippen MR) is 94.0 cm³/mol. The Morgan fingerprint density at radius 3 is 2.54 bits per heavy atom. The molecule has 0 amide bonds. The van der Waals surface area contributed by atoms with E-state index in [1.165, 1.54) is 18.3 Å². The van der Waals surface area contributed by atoms with Gasteiger partial charge in [0, 0.05) is 36.7 Å². The third kappa shape index (κ3) is 3.75. The van der Waals surface area contributed by atoms with Crippen molar-refractivity contribution in [3.8, 4) is 5.75 Å². The third-order valence-corrected chi connectivity index (χ3v) is 5.26. The van der Waals surface area contributed by atoms with Crippen molar-refractivity contribution in [2.24, 2.45) is 0 Å². The summed E-state index contributed by atoms with van der Waals surface area (Å²) in [5.74, 6) is -1.26. The summed E-state index contributed by atoms with van der Waals surface area (Å²) in [6.07, 6.45) is 0.230. The zero-order chi connectivity index (χ0) is 19.9. The number of nitrogens with zero attached hydrogens (tertiary/aromatic N) is 3. The Kier molecular flexibility index (Phi) is 4.41. The van der Waals surface area contributed by atoms with Crippen molar-refractivity contribution in [3.63, 3.8) is 0 Å². The lowest BCUT2D eigenvalue weighted by atomic mass is 10.1. The number of ether oxygens (including phenoxy) is 1. The number of halogens is 3. The average Bonchev–Trinajstić information content (AvgIpc) is 3.32. The molecule has 148 valence electrons. The van der Waals surface area contributed by atoms with Crippen LogP contribution in [0.4, 0.5) is 18.9 Å². The second kappa shape index (κ2) is 6.66. The van der Waals surface area contributed by atoms with E-state index in [9.17, 15) is 23.1 Å². The molecule has 1 aromatic heterocycles. The molecule has 6 nitrogen and oxygen atoms in total. The topological polar surface area (TPSA) is 65.9 Å². The number of rotatable bonds is 5. The highest BCUT2D eigenvalue weighted by molar-refractivity contribution is 5.88. The van der Waals surface area contributed by atoms with Gasteiger partial charge < -0.3 is 14.7 Å². The van der Waals surface area contributed by atoms with Crippen LogP contribution < -0.4 is 9.64 Å². The molecular weight excluding hydrogens is 375 g/mol. The van der Waals surface area contributed by atoms with Gasteiger partial charge in [0.2, 0.25) is 0 Å². The van der Waals surface area contributed by atoms with Crippen LogP contribution in [0.3, 0.4) is 0 Å². The van der Waals surface area contributed by atoms with Crippen molar-refractivity contribution in [3.05, 3.63) is 53.9 Å². The predicted octanol–water partition coefficient (Wildman–Crippen LogP) is 3.49. The Bertz CT molecular complexity index is 882. The maximum absolute atomic E-state index is 12.3. The van der Waals surface area contributed by atoms with Crippen LogP contribution in [0, 0.1) is 0 Å². The zero-order valence-corrected chi connectivity index (χ0v) is 14.8. The van der Waals surface area contributed by atoms with Crippen LogP contribution in [0.2, 0.25) is 0 Å². The molecule has 1 aromatic carbocycles. The molecule has 0 atom stereocenters. The van der Waals surface area contributed by atoms with Gasteiger partial charge in [-0.1, -0.05) is 0 Å². The highest BCUT2D eigenvalue weighted by Crippen LogP contribution is 2.48. The van der Waals surface area contributed by atoms with E-state index in [4.69, 9.17) is 0 Å². The number of alkyl halides is 3. The van der Waals surface area contributed by atoms with E-state index in [-0.39, 0.29) is 16.9 Å². The van der Waals surface area contributed by atoms with E-state index in [1.807, 2.05) is 0 Å². The number of carboxylic acid groups (broad SMARTS) is 1. The van der Waals surface area contributed by atoms with Gasteiger partial charge in [0.15, 0.2) is 0 Å². The maximum Gasteiger partial charge on any atom is 0.573 e. The molecule has 1 N–H and O–H groups in total. The molecule has 0 bridgehead atoms. The van der Waals surface area contributed by atoms with E-state index < -0.39 is 12.3 Å². The van der Waals surface area contributed by atoms with Gasteiger partial charge in [-0.2, -0.15) is 0 Å². The average molecular weight is 393 g/mol. The molecule has 1 saturated heterocycles. The minimum Gasteiger partial charge on any atom is -0.478 e. The summed E-state index contributed by atoms with van der Waals surface area (Å²) < 4.78 is 40.9. The van der Waals surface area contributed by atoms with Crippen LogP contribution in [-0.2, 0) is 6.54 Å². The van der Waals surface area contributed by atoms with Gasteiger partial charge in [0.05, 0.1) is 12.2 Å². The van der Waals surface area contributed by atoms with Crippen molar-refractivity contribution in [1.29, 1.82) is 0 Å². The molecule has 2 aromatic rings. The Morgan fingerprint density at radius 1 is 1.21 bits per heavy atom. The summed E-state index contributed by atoms with van der Waals surface area (Å²) in [6.45, 7) is 1.80.